The Bertz CT molecular complexity index is 231. The lowest BCUT2D eigenvalue weighted by Gasteiger charge is -2.20. The molecule has 1 nitrogen and oxygen atoms in total. The van der Waals surface area contributed by atoms with Gasteiger partial charge in [0.25, 0.3) is 0 Å². The van der Waals surface area contributed by atoms with Crippen LogP contribution < -0.4 is 5.32 Å². The number of hydrogen-bond acceptors (Lipinski definition) is 1. The summed E-state index contributed by atoms with van der Waals surface area (Å²) in [5.74, 6) is 0.552. The van der Waals surface area contributed by atoms with Crippen LogP contribution in [0.1, 0.15) is 20.8 Å². The molecule has 1 aliphatic rings. The first kappa shape index (κ1) is 8.12. The van der Waals surface area contributed by atoms with Crippen LogP contribution in [0.3, 0.4) is 0 Å². The van der Waals surface area contributed by atoms with Crippen molar-refractivity contribution >= 4 is 0 Å². The Balaban J connectivity index is 2.90. The molecule has 0 radical (unpaired) electrons. The Kier molecular flexibility index (Phi) is 2.18. The number of hydrogen-bond donors (Lipinski definition) is 1. The summed E-state index contributed by atoms with van der Waals surface area (Å²) >= 11 is 0. The highest BCUT2D eigenvalue weighted by Crippen LogP contribution is 2.18. The summed E-state index contributed by atoms with van der Waals surface area (Å²) in [5, 5.41) is 3.26. The molecule has 1 aliphatic heterocycles. The molecule has 0 amide bonds. The van der Waals surface area contributed by atoms with Gasteiger partial charge in [0.1, 0.15) is 0 Å². The Hall–Kier alpha value is -0.980. The topological polar surface area (TPSA) is 12.0 Å². The van der Waals surface area contributed by atoms with Crippen LogP contribution >= 0.6 is 0 Å². The van der Waals surface area contributed by atoms with E-state index in [0.29, 0.717) is 5.92 Å². The lowest BCUT2D eigenvalue weighted by molar-refractivity contribution is 0.692. The molecule has 0 unspecified atom stereocenters. The third-order valence-electron chi connectivity index (χ3n) is 1.83. The second-order valence-electron chi connectivity index (χ2n) is 3.23. The third-order valence-corrected chi connectivity index (χ3v) is 1.83. The van der Waals surface area contributed by atoms with Crippen molar-refractivity contribution in [2.45, 2.75) is 20.8 Å². The van der Waals surface area contributed by atoms with E-state index in [1.807, 2.05) is 6.08 Å². The molecule has 0 fully saturated rings. The van der Waals surface area contributed by atoms with E-state index in [0.717, 1.165) is 5.70 Å². The Morgan fingerprint density at radius 2 is 2.00 bits per heavy atom. The standard InChI is InChI=1S/C10H15N/c1-7(2)10-8(3)5-6-9(4)11-10/h5-7,11H,4H2,1-3H3. The molecule has 1 N–H and O–H groups in total. The van der Waals surface area contributed by atoms with Gasteiger partial charge >= 0.3 is 0 Å². The predicted molar refractivity (Wildman–Crippen MR) is 49.0 cm³/mol. The van der Waals surface area contributed by atoms with Crippen molar-refractivity contribution in [3.05, 3.63) is 35.7 Å². The van der Waals surface area contributed by atoms with Gasteiger partial charge in [-0.25, -0.2) is 0 Å². The zero-order valence-corrected chi connectivity index (χ0v) is 7.44. The van der Waals surface area contributed by atoms with Gasteiger partial charge < -0.3 is 5.32 Å². The minimum absolute atomic E-state index is 0.552. The van der Waals surface area contributed by atoms with Crippen LogP contribution in [0.15, 0.2) is 35.7 Å². The smallest absolute Gasteiger partial charge is 0.0309 e. The molecule has 0 aromatic carbocycles. The predicted octanol–water partition coefficient (Wildman–Crippen LogP) is 2.59. The van der Waals surface area contributed by atoms with E-state index >= 15 is 0 Å². The minimum Gasteiger partial charge on any atom is -0.359 e. The summed E-state index contributed by atoms with van der Waals surface area (Å²) in [5.41, 5.74) is 3.59. The summed E-state index contributed by atoms with van der Waals surface area (Å²) in [6.07, 6.45) is 4.11. The number of nitrogens with one attached hydrogen (secondary N) is 1. The van der Waals surface area contributed by atoms with Gasteiger partial charge in [0.2, 0.25) is 0 Å². The lowest BCUT2D eigenvalue weighted by atomic mass is 10.0. The van der Waals surface area contributed by atoms with Crippen molar-refractivity contribution < 1.29 is 0 Å². The van der Waals surface area contributed by atoms with E-state index in [1.54, 1.807) is 0 Å². The Labute approximate surface area is 68.5 Å². The zero-order chi connectivity index (χ0) is 8.43. The molecule has 1 heterocycles. The third kappa shape index (κ3) is 1.73. The van der Waals surface area contributed by atoms with Crippen molar-refractivity contribution in [2.75, 3.05) is 0 Å². The van der Waals surface area contributed by atoms with Gasteiger partial charge in [0, 0.05) is 11.4 Å². The van der Waals surface area contributed by atoms with Gasteiger partial charge in [-0.1, -0.05) is 26.5 Å². The average molecular weight is 149 g/mol. The first-order chi connectivity index (χ1) is 5.11. The molecular formula is C10H15N. The summed E-state index contributed by atoms with van der Waals surface area (Å²) in [7, 11) is 0. The summed E-state index contributed by atoms with van der Waals surface area (Å²) in [4.78, 5) is 0. The van der Waals surface area contributed by atoms with E-state index in [1.165, 1.54) is 11.3 Å². The van der Waals surface area contributed by atoms with Crippen molar-refractivity contribution in [3.8, 4) is 0 Å². The molecule has 0 saturated carbocycles. The van der Waals surface area contributed by atoms with Crippen LogP contribution in [-0.2, 0) is 0 Å². The summed E-state index contributed by atoms with van der Waals surface area (Å²) in [6.45, 7) is 10.3. The van der Waals surface area contributed by atoms with Crippen LogP contribution in [0.25, 0.3) is 0 Å². The Morgan fingerprint density at radius 1 is 1.36 bits per heavy atom. The maximum atomic E-state index is 3.85. The van der Waals surface area contributed by atoms with Gasteiger partial charge in [0.05, 0.1) is 0 Å². The monoisotopic (exact) mass is 149 g/mol. The van der Waals surface area contributed by atoms with E-state index in [2.05, 4.69) is 38.7 Å². The molecule has 60 valence electrons. The average Bonchev–Trinajstić information content (AvgIpc) is 1.94. The maximum Gasteiger partial charge on any atom is 0.0309 e. The normalized spacial score (nSPS) is 17.6. The second-order valence-corrected chi connectivity index (χ2v) is 3.23. The fraction of sp³-hybridized carbons (Fsp3) is 0.400. The minimum atomic E-state index is 0.552. The largest absolute Gasteiger partial charge is 0.359 e. The molecule has 0 aliphatic carbocycles. The number of allylic oxidation sites excluding steroid dienone is 4. The Morgan fingerprint density at radius 3 is 2.45 bits per heavy atom. The molecule has 0 atom stereocenters. The molecule has 1 heteroatoms. The van der Waals surface area contributed by atoms with Crippen molar-refractivity contribution in [2.24, 2.45) is 5.92 Å². The van der Waals surface area contributed by atoms with Crippen LogP contribution in [0, 0.1) is 5.92 Å². The molecule has 0 bridgehead atoms. The van der Waals surface area contributed by atoms with E-state index in [9.17, 15) is 0 Å². The number of dihydropyridines is 1. The zero-order valence-electron chi connectivity index (χ0n) is 7.44. The fourth-order valence-electron chi connectivity index (χ4n) is 1.23. The first-order valence-electron chi connectivity index (χ1n) is 3.96. The van der Waals surface area contributed by atoms with Gasteiger partial charge in [0.15, 0.2) is 0 Å². The van der Waals surface area contributed by atoms with E-state index < -0.39 is 0 Å². The first-order valence-corrected chi connectivity index (χ1v) is 3.96. The quantitative estimate of drug-likeness (QED) is 0.604. The molecule has 0 saturated heterocycles. The van der Waals surface area contributed by atoms with E-state index in [-0.39, 0.29) is 0 Å². The van der Waals surface area contributed by atoms with Crippen molar-refractivity contribution in [1.29, 1.82) is 0 Å². The highest BCUT2D eigenvalue weighted by Gasteiger charge is 2.08. The second kappa shape index (κ2) is 2.95. The van der Waals surface area contributed by atoms with Crippen LogP contribution in [-0.4, -0.2) is 0 Å². The van der Waals surface area contributed by atoms with Gasteiger partial charge in [-0.2, -0.15) is 0 Å². The lowest BCUT2D eigenvalue weighted by Crippen LogP contribution is -2.19. The fourth-order valence-corrected chi connectivity index (χ4v) is 1.23. The van der Waals surface area contributed by atoms with Crippen LogP contribution in [0.5, 0.6) is 0 Å². The highest BCUT2D eigenvalue weighted by atomic mass is 14.9. The highest BCUT2D eigenvalue weighted by molar-refractivity contribution is 5.36. The molecule has 11 heavy (non-hydrogen) atoms. The van der Waals surface area contributed by atoms with Crippen LogP contribution in [0.2, 0.25) is 0 Å². The summed E-state index contributed by atoms with van der Waals surface area (Å²) < 4.78 is 0. The van der Waals surface area contributed by atoms with Gasteiger partial charge in [-0.05, 0) is 24.5 Å². The van der Waals surface area contributed by atoms with Gasteiger partial charge in [-0.3, -0.25) is 0 Å². The number of rotatable bonds is 1. The van der Waals surface area contributed by atoms with Crippen molar-refractivity contribution in [1.82, 2.24) is 5.32 Å². The SMILES string of the molecule is C=C1C=CC(C)=C(C(C)C)N1. The van der Waals surface area contributed by atoms with Crippen LogP contribution in [0.4, 0.5) is 0 Å². The van der Waals surface area contributed by atoms with Gasteiger partial charge in [-0.15, -0.1) is 0 Å². The molecular weight excluding hydrogens is 134 g/mol. The maximum absolute atomic E-state index is 3.85. The molecule has 0 aromatic rings. The van der Waals surface area contributed by atoms with E-state index in [4.69, 9.17) is 0 Å². The molecule has 0 spiro atoms. The molecule has 0 aromatic heterocycles. The van der Waals surface area contributed by atoms with Crippen molar-refractivity contribution in [3.63, 3.8) is 0 Å². The molecule has 1 rings (SSSR count). The summed E-state index contributed by atoms with van der Waals surface area (Å²) in [6, 6.07) is 0.